The average molecular weight is 394 g/mol. The Morgan fingerprint density at radius 3 is 2.86 bits per heavy atom. The SMILES string of the molecule is COc1ccc2c(c1)CC[C@]1(C#N)C2=CC[C@@]2(C)C1CC[C@@H]2OC1CCCCO1. The normalized spacial score (nSPS) is 38.2. The predicted octanol–water partition coefficient (Wildman–Crippen LogP) is 5.27. The smallest absolute Gasteiger partial charge is 0.157 e. The second-order valence-electron chi connectivity index (χ2n) is 9.48. The molecule has 4 heteroatoms. The zero-order valence-corrected chi connectivity index (χ0v) is 17.6. The average Bonchev–Trinajstić information content (AvgIpc) is 3.10. The van der Waals surface area contributed by atoms with Crippen LogP contribution in [0.5, 0.6) is 5.75 Å². The summed E-state index contributed by atoms with van der Waals surface area (Å²) in [4.78, 5) is 0. The molecule has 1 heterocycles. The van der Waals surface area contributed by atoms with E-state index >= 15 is 0 Å². The monoisotopic (exact) mass is 393 g/mol. The van der Waals surface area contributed by atoms with Gasteiger partial charge in [-0.05, 0) is 86.1 Å². The van der Waals surface area contributed by atoms with Crippen LogP contribution in [0.1, 0.15) is 63.0 Å². The van der Waals surface area contributed by atoms with Gasteiger partial charge in [0.1, 0.15) is 5.75 Å². The summed E-state index contributed by atoms with van der Waals surface area (Å²) in [6.07, 6.45) is 10.7. The number of methoxy groups -OCH3 is 1. The van der Waals surface area contributed by atoms with Crippen LogP contribution in [0.3, 0.4) is 0 Å². The molecule has 5 rings (SSSR count). The van der Waals surface area contributed by atoms with Crippen LogP contribution in [0, 0.1) is 28.1 Å². The first-order chi connectivity index (χ1) is 14.1. The molecule has 29 heavy (non-hydrogen) atoms. The maximum absolute atomic E-state index is 10.5. The lowest BCUT2D eigenvalue weighted by atomic mass is 9.52. The van der Waals surface area contributed by atoms with Crippen molar-refractivity contribution in [1.82, 2.24) is 0 Å². The molecule has 0 radical (unpaired) electrons. The summed E-state index contributed by atoms with van der Waals surface area (Å²) in [5.74, 6) is 1.24. The molecule has 1 aromatic rings. The molecule has 1 saturated heterocycles. The standard InChI is InChI=1S/C25H31NO3/c1-24-12-11-20-19-7-6-18(27-2)15-17(19)10-13-25(20,16-26)21(24)8-9-22(24)29-23-5-3-4-14-28-23/h6-7,11,15,21-23H,3-5,8-10,12-14H2,1-2H3/t21?,22-,23?,24-,25-/m0/s1. The van der Waals surface area contributed by atoms with E-state index in [0.717, 1.165) is 57.3 Å². The number of benzene rings is 1. The van der Waals surface area contributed by atoms with E-state index in [1.54, 1.807) is 7.11 Å². The largest absolute Gasteiger partial charge is 0.497 e. The molecule has 1 aromatic carbocycles. The highest BCUT2D eigenvalue weighted by Crippen LogP contribution is 2.65. The minimum Gasteiger partial charge on any atom is -0.497 e. The van der Waals surface area contributed by atoms with Gasteiger partial charge >= 0.3 is 0 Å². The maximum Gasteiger partial charge on any atom is 0.157 e. The number of nitrogens with zero attached hydrogens (tertiary/aromatic N) is 1. The number of aryl methyl sites for hydroxylation is 1. The summed E-state index contributed by atoms with van der Waals surface area (Å²) in [5, 5.41) is 10.5. The lowest BCUT2D eigenvalue weighted by Crippen LogP contribution is -2.48. The van der Waals surface area contributed by atoms with Crippen LogP contribution in [0.25, 0.3) is 5.57 Å². The minimum absolute atomic E-state index is 0.00398. The number of allylic oxidation sites excluding steroid dienone is 2. The van der Waals surface area contributed by atoms with Crippen molar-refractivity contribution >= 4 is 5.57 Å². The van der Waals surface area contributed by atoms with E-state index in [0.29, 0.717) is 5.92 Å². The van der Waals surface area contributed by atoms with Crippen molar-refractivity contribution in [3.63, 3.8) is 0 Å². The predicted molar refractivity (Wildman–Crippen MR) is 111 cm³/mol. The van der Waals surface area contributed by atoms with E-state index in [-0.39, 0.29) is 17.8 Å². The minimum atomic E-state index is -0.403. The number of fused-ring (bicyclic) bond motifs is 5. The Morgan fingerprint density at radius 2 is 2.10 bits per heavy atom. The molecular weight excluding hydrogens is 362 g/mol. The molecule has 0 amide bonds. The van der Waals surface area contributed by atoms with E-state index < -0.39 is 5.41 Å². The van der Waals surface area contributed by atoms with Crippen molar-refractivity contribution in [2.75, 3.05) is 13.7 Å². The molecular formula is C25H31NO3. The molecule has 1 aliphatic heterocycles. The highest BCUT2D eigenvalue weighted by molar-refractivity contribution is 5.79. The van der Waals surface area contributed by atoms with Gasteiger partial charge in [-0.2, -0.15) is 5.26 Å². The van der Waals surface area contributed by atoms with Crippen LogP contribution in [-0.4, -0.2) is 26.1 Å². The van der Waals surface area contributed by atoms with Gasteiger partial charge in [-0.3, -0.25) is 0 Å². The summed E-state index contributed by atoms with van der Waals surface area (Å²) in [6, 6.07) is 9.16. The van der Waals surface area contributed by atoms with E-state index in [9.17, 15) is 5.26 Å². The summed E-state index contributed by atoms with van der Waals surface area (Å²) in [6.45, 7) is 3.16. The van der Waals surface area contributed by atoms with Crippen molar-refractivity contribution in [2.24, 2.45) is 16.7 Å². The summed E-state index contributed by atoms with van der Waals surface area (Å²) >= 11 is 0. The summed E-state index contributed by atoms with van der Waals surface area (Å²) in [7, 11) is 1.71. The number of ether oxygens (including phenoxy) is 3. The zero-order chi connectivity index (χ0) is 20.1. The van der Waals surface area contributed by atoms with Crippen LogP contribution >= 0.6 is 0 Å². The summed E-state index contributed by atoms with van der Waals surface area (Å²) < 4.78 is 17.8. The van der Waals surface area contributed by atoms with Gasteiger partial charge in [0.15, 0.2) is 6.29 Å². The Balaban J connectivity index is 1.49. The van der Waals surface area contributed by atoms with Gasteiger partial charge in [0.2, 0.25) is 0 Å². The topological polar surface area (TPSA) is 51.5 Å². The summed E-state index contributed by atoms with van der Waals surface area (Å²) in [5.41, 5.74) is 3.41. The fraction of sp³-hybridized carbons (Fsp3) is 0.640. The Morgan fingerprint density at radius 1 is 1.21 bits per heavy atom. The number of hydrogen-bond acceptors (Lipinski definition) is 4. The van der Waals surface area contributed by atoms with Crippen LogP contribution in [0.4, 0.5) is 0 Å². The van der Waals surface area contributed by atoms with Gasteiger partial charge in [-0.15, -0.1) is 0 Å². The molecule has 4 aliphatic rings. The lowest BCUT2D eigenvalue weighted by molar-refractivity contribution is -0.209. The first-order valence-corrected chi connectivity index (χ1v) is 11.2. The molecule has 0 bridgehead atoms. The number of rotatable bonds is 3. The van der Waals surface area contributed by atoms with Gasteiger partial charge in [-0.1, -0.05) is 19.1 Å². The Hall–Kier alpha value is -1.83. The molecule has 154 valence electrons. The van der Waals surface area contributed by atoms with Crippen molar-refractivity contribution in [3.05, 3.63) is 35.4 Å². The fourth-order valence-corrected chi connectivity index (χ4v) is 6.55. The van der Waals surface area contributed by atoms with Gasteiger partial charge in [0.25, 0.3) is 0 Å². The maximum atomic E-state index is 10.5. The van der Waals surface area contributed by atoms with Gasteiger partial charge in [-0.25, -0.2) is 0 Å². The Kier molecular flexibility index (Phi) is 4.72. The molecule has 0 spiro atoms. The van der Waals surface area contributed by atoms with Gasteiger partial charge in [0.05, 0.1) is 24.7 Å². The molecule has 3 aliphatic carbocycles. The highest BCUT2D eigenvalue weighted by atomic mass is 16.7. The Bertz CT molecular complexity index is 865. The van der Waals surface area contributed by atoms with Crippen LogP contribution in [-0.2, 0) is 15.9 Å². The molecule has 0 aromatic heterocycles. The van der Waals surface area contributed by atoms with Gasteiger partial charge in [0, 0.05) is 12.0 Å². The fourth-order valence-electron chi connectivity index (χ4n) is 6.55. The molecule has 1 saturated carbocycles. The third kappa shape index (κ3) is 2.86. The Labute approximate surface area is 173 Å². The highest BCUT2D eigenvalue weighted by Gasteiger charge is 2.60. The number of nitriles is 1. The van der Waals surface area contributed by atoms with Crippen LogP contribution in [0.15, 0.2) is 24.3 Å². The van der Waals surface area contributed by atoms with E-state index in [2.05, 4.69) is 31.2 Å². The molecule has 5 atom stereocenters. The molecule has 4 nitrogen and oxygen atoms in total. The van der Waals surface area contributed by atoms with Crippen LogP contribution < -0.4 is 4.74 Å². The van der Waals surface area contributed by atoms with E-state index in [1.165, 1.54) is 23.1 Å². The second kappa shape index (κ2) is 7.15. The van der Waals surface area contributed by atoms with Crippen molar-refractivity contribution < 1.29 is 14.2 Å². The zero-order valence-electron chi connectivity index (χ0n) is 17.6. The quantitative estimate of drug-likeness (QED) is 0.702. The van der Waals surface area contributed by atoms with Gasteiger partial charge < -0.3 is 14.2 Å². The molecule has 0 N–H and O–H groups in total. The third-order valence-corrected chi connectivity index (χ3v) is 8.12. The van der Waals surface area contributed by atoms with Crippen molar-refractivity contribution in [1.29, 1.82) is 5.26 Å². The second-order valence-corrected chi connectivity index (χ2v) is 9.48. The van der Waals surface area contributed by atoms with E-state index in [1.807, 2.05) is 6.07 Å². The van der Waals surface area contributed by atoms with Crippen LogP contribution in [0.2, 0.25) is 0 Å². The lowest BCUT2D eigenvalue weighted by Gasteiger charge is -2.51. The van der Waals surface area contributed by atoms with Crippen molar-refractivity contribution in [3.8, 4) is 11.8 Å². The first-order valence-electron chi connectivity index (χ1n) is 11.2. The molecule has 2 unspecified atom stereocenters. The van der Waals surface area contributed by atoms with Crippen molar-refractivity contribution in [2.45, 2.75) is 70.7 Å². The third-order valence-electron chi connectivity index (χ3n) is 8.12. The first kappa shape index (κ1) is 19.2. The van der Waals surface area contributed by atoms with E-state index in [4.69, 9.17) is 14.2 Å². The molecule has 2 fully saturated rings. The number of hydrogen-bond donors (Lipinski definition) is 0.